The fraction of sp³-hybridized carbons (Fsp3) is 0.250. The van der Waals surface area contributed by atoms with E-state index in [0.29, 0.717) is 47.6 Å². The van der Waals surface area contributed by atoms with E-state index >= 15 is 0 Å². The largest absolute Gasteiger partial charge is 0.494 e. The predicted octanol–water partition coefficient (Wildman–Crippen LogP) is 3.02. The number of hydrogen-bond acceptors (Lipinski definition) is 8. The molecule has 0 unspecified atom stereocenters. The van der Waals surface area contributed by atoms with E-state index in [1.54, 1.807) is 67.3 Å². The van der Waals surface area contributed by atoms with Crippen molar-refractivity contribution in [1.82, 2.24) is 25.1 Å². The van der Waals surface area contributed by atoms with Gasteiger partial charge in [0.15, 0.2) is 23.0 Å². The van der Waals surface area contributed by atoms with E-state index < -0.39 is 0 Å². The molecule has 4 rings (SSSR count). The van der Waals surface area contributed by atoms with Gasteiger partial charge in [-0.1, -0.05) is 0 Å². The molecule has 0 spiro atoms. The Balaban J connectivity index is 1.39. The molecule has 0 aliphatic heterocycles. The third-order valence-corrected chi connectivity index (χ3v) is 4.95. The van der Waals surface area contributed by atoms with Gasteiger partial charge in [0.25, 0.3) is 5.91 Å². The van der Waals surface area contributed by atoms with Crippen LogP contribution >= 0.6 is 0 Å². The molecule has 2 heterocycles. The van der Waals surface area contributed by atoms with E-state index in [9.17, 15) is 4.79 Å². The number of rotatable bonds is 10. The Kier molecular flexibility index (Phi) is 7.07. The average molecular weight is 463 g/mol. The summed E-state index contributed by atoms with van der Waals surface area (Å²) in [4.78, 5) is 12.3. The molecule has 0 saturated carbocycles. The zero-order chi connectivity index (χ0) is 23.9. The van der Waals surface area contributed by atoms with Gasteiger partial charge in [0, 0.05) is 17.2 Å². The number of aromatic nitrogens is 4. The van der Waals surface area contributed by atoms with Gasteiger partial charge in [-0.05, 0) is 55.5 Å². The molecule has 0 saturated heterocycles. The van der Waals surface area contributed by atoms with Crippen molar-refractivity contribution in [2.45, 2.75) is 6.92 Å². The first-order chi connectivity index (χ1) is 16.6. The first kappa shape index (κ1) is 22.8. The molecule has 0 bridgehead atoms. The number of amides is 1. The minimum Gasteiger partial charge on any atom is -0.494 e. The second kappa shape index (κ2) is 10.5. The van der Waals surface area contributed by atoms with Crippen LogP contribution in [-0.2, 0) is 0 Å². The minimum atomic E-state index is -0.190. The molecule has 34 heavy (non-hydrogen) atoms. The smallest absolute Gasteiger partial charge is 0.251 e. The number of nitrogens with one attached hydrogen (secondary N) is 1. The summed E-state index contributed by atoms with van der Waals surface area (Å²) in [6, 6.07) is 15.9. The highest BCUT2D eigenvalue weighted by atomic mass is 16.5. The number of methoxy groups -OCH3 is 2. The molecule has 2 aromatic heterocycles. The highest BCUT2D eigenvalue weighted by Gasteiger charge is 2.14. The number of fused-ring (bicyclic) bond motifs is 1. The van der Waals surface area contributed by atoms with Gasteiger partial charge < -0.3 is 24.3 Å². The van der Waals surface area contributed by atoms with Crippen LogP contribution in [0.25, 0.3) is 17.0 Å². The van der Waals surface area contributed by atoms with Crippen molar-refractivity contribution >= 4 is 11.6 Å². The van der Waals surface area contributed by atoms with Gasteiger partial charge in [-0.2, -0.15) is 4.52 Å². The number of ether oxygens (including phenoxy) is 4. The van der Waals surface area contributed by atoms with Crippen molar-refractivity contribution in [3.8, 4) is 34.5 Å². The maximum atomic E-state index is 12.3. The van der Waals surface area contributed by atoms with Crippen molar-refractivity contribution in [2.24, 2.45) is 0 Å². The minimum absolute atomic E-state index is 0.190. The van der Waals surface area contributed by atoms with Gasteiger partial charge in [0.1, 0.15) is 12.4 Å². The summed E-state index contributed by atoms with van der Waals surface area (Å²) < 4.78 is 23.4. The number of carbonyl (C=O) groups is 1. The third-order valence-electron chi connectivity index (χ3n) is 4.95. The van der Waals surface area contributed by atoms with Gasteiger partial charge in [0.2, 0.25) is 5.88 Å². The highest BCUT2D eigenvalue weighted by molar-refractivity contribution is 5.94. The number of nitrogens with zero attached hydrogens (tertiary/aromatic N) is 4. The Morgan fingerprint density at radius 3 is 2.47 bits per heavy atom. The topological polar surface area (TPSA) is 109 Å². The Labute approximate surface area is 196 Å². The second-order valence-corrected chi connectivity index (χ2v) is 7.10. The Hall–Kier alpha value is -4.34. The molecule has 1 amide bonds. The van der Waals surface area contributed by atoms with E-state index in [1.807, 2.05) is 13.0 Å². The highest BCUT2D eigenvalue weighted by Crippen LogP contribution is 2.31. The molecule has 0 fully saturated rings. The molecule has 176 valence electrons. The summed E-state index contributed by atoms with van der Waals surface area (Å²) in [5.74, 6) is 2.64. The van der Waals surface area contributed by atoms with Gasteiger partial charge in [0.05, 0.1) is 27.4 Å². The van der Waals surface area contributed by atoms with Crippen LogP contribution in [0.2, 0.25) is 0 Å². The van der Waals surface area contributed by atoms with Crippen LogP contribution in [0, 0.1) is 0 Å². The standard InChI is InChI=1S/C24H25N5O5/c1-4-33-18-8-5-16(6-9-18)24(30)25-13-14-34-22-12-11-21-26-27-23(29(21)28-22)17-7-10-19(31-2)20(15-17)32-3/h5-12,15H,4,13-14H2,1-3H3,(H,25,30). The summed E-state index contributed by atoms with van der Waals surface area (Å²) in [6.07, 6.45) is 0. The van der Waals surface area contributed by atoms with Crippen LogP contribution < -0.4 is 24.3 Å². The molecule has 1 N–H and O–H groups in total. The number of carbonyl (C=O) groups excluding carboxylic acids is 1. The lowest BCUT2D eigenvalue weighted by Gasteiger charge is -2.09. The molecule has 10 heteroatoms. The SMILES string of the molecule is CCOc1ccc(C(=O)NCCOc2ccc3nnc(-c4ccc(OC)c(OC)c4)n3n2)cc1. The molecule has 0 aliphatic rings. The average Bonchev–Trinajstić information content (AvgIpc) is 3.30. The molecule has 0 atom stereocenters. The van der Waals surface area contributed by atoms with Crippen molar-refractivity contribution in [3.05, 3.63) is 60.2 Å². The van der Waals surface area contributed by atoms with Crippen LogP contribution in [-0.4, -0.2) is 59.7 Å². The Bertz CT molecular complexity index is 1270. The van der Waals surface area contributed by atoms with E-state index in [4.69, 9.17) is 18.9 Å². The van der Waals surface area contributed by atoms with Crippen LogP contribution in [0.5, 0.6) is 23.1 Å². The number of hydrogen-bond donors (Lipinski definition) is 1. The fourth-order valence-corrected chi connectivity index (χ4v) is 3.30. The molecule has 0 radical (unpaired) electrons. The van der Waals surface area contributed by atoms with Crippen molar-refractivity contribution in [1.29, 1.82) is 0 Å². The third kappa shape index (κ3) is 5.01. The zero-order valence-corrected chi connectivity index (χ0v) is 19.1. The molecule has 0 aliphatic carbocycles. The quantitative estimate of drug-likeness (QED) is 0.358. The molecule has 2 aromatic carbocycles. The summed E-state index contributed by atoms with van der Waals surface area (Å²) in [6.45, 7) is 3.05. The first-order valence-electron chi connectivity index (χ1n) is 10.7. The lowest BCUT2D eigenvalue weighted by atomic mass is 10.2. The maximum absolute atomic E-state index is 12.3. The summed E-state index contributed by atoms with van der Waals surface area (Å²) in [5, 5.41) is 15.7. The van der Waals surface area contributed by atoms with E-state index in [0.717, 1.165) is 11.3 Å². The van der Waals surface area contributed by atoms with Gasteiger partial charge in [-0.3, -0.25) is 4.79 Å². The molecular weight excluding hydrogens is 438 g/mol. The first-order valence-corrected chi connectivity index (χ1v) is 10.7. The van der Waals surface area contributed by atoms with E-state index in [2.05, 4.69) is 20.6 Å². The van der Waals surface area contributed by atoms with Crippen LogP contribution in [0.1, 0.15) is 17.3 Å². The Morgan fingerprint density at radius 1 is 0.941 bits per heavy atom. The maximum Gasteiger partial charge on any atom is 0.251 e. The Morgan fingerprint density at radius 2 is 1.74 bits per heavy atom. The van der Waals surface area contributed by atoms with Gasteiger partial charge in [-0.15, -0.1) is 15.3 Å². The predicted molar refractivity (Wildman–Crippen MR) is 125 cm³/mol. The van der Waals surface area contributed by atoms with Crippen molar-refractivity contribution < 1.29 is 23.7 Å². The molecule has 4 aromatic rings. The summed E-state index contributed by atoms with van der Waals surface area (Å²) in [5.41, 5.74) is 1.88. The molecule has 10 nitrogen and oxygen atoms in total. The lowest BCUT2D eigenvalue weighted by Crippen LogP contribution is -2.28. The van der Waals surface area contributed by atoms with Crippen LogP contribution in [0.15, 0.2) is 54.6 Å². The van der Waals surface area contributed by atoms with Gasteiger partial charge >= 0.3 is 0 Å². The zero-order valence-electron chi connectivity index (χ0n) is 19.1. The van der Waals surface area contributed by atoms with E-state index in [1.165, 1.54) is 0 Å². The summed E-state index contributed by atoms with van der Waals surface area (Å²) >= 11 is 0. The van der Waals surface area contributed by atoms with Gasteiger partial charge in [-0.25, -0.2) is 0 Å². The van der Waals surface area contributed by atoms with Crippen LogP contribution in [0.3, 0.4) is 0 Å². The number of benzene rings is 2. The van der Waals surface area contributed by atoms with Crippen molar-refractivity contribution in [2.75, 3.05) is 34.0 Å². The van der Waals surface area contributed by atoms with E-state index in [-0.39, 0.29) is 12.5 Å². The monoisotopic (exact) mass is 463 g/mol. The fourth-order valence-electron chi connectivity index (χ4n) is 3.30. The lowest BCUT2D eigenvalue weighted by molar-refractivity contribution is 0.0946. The van der Waals surface area contributed by atoms with Crippen LogP contribution in [0.4, 0.5) is 0 Å². The normalized spacial score (nSPS) is 10.7. The molecular formula is C24H25N5O5. The van der Waals surface area contributed by atoms with Crippen molar-refractivity contribution in [3.63, 3.8) is 0 Å². The second-order valence-electron chi connectivity index (χ2n) is 7.10. The summed E-state index contributed by atoms with van der Waals surface area (Å²) in [7, 11) is 3.15.